The molecule has 0 radical (unpaired) electrons. The Morgan fingerprint density at radius 2 is 1.97 bits per heavy atom. The van der Waals surface area contributed by atoms with Gasteiger partial charge in [-0.15, -0.1) is 0 Å². The van der Waals surface area contributed by atoms with E-state index in [1.807, 2.05) is 48.0 Å². The van der Waals surface area contributed by atoms with Crippen molar-refractivity contribution in [2.75, 3.05) is 30.5 Å². The van der Waals surface area contributed by atoms with Crippen LogP contribution in [0, 0.1) is 13.8 Å². The number of aromatic nitrogens is 4. The fourth-order valence-corrected chi connectivity index (χ4v) is 3.82. The van der Waals surface area contributed by atoms with Crippen LogP contribution in [0.5, 0.6) is 11.5 Å². The van der Waals surface area contributed by atoms with Crippen LogP contribution in [0.4, 0.5) is 23.1 Å². The Bertz CT molecular complexity index is 1280. The zero-order valence-corrected chi connectivity index (χ0v) is 18.2. The quantitative estimate of drug-likeness (QED) is 0.487. The average Bonchev–Trinajstić information content (AvgIpc) is 3.25. The van der Waals surface area contributed by atoms with Crippen molar-refractivity contribution in [1.29, 1.82) is 0 Å². The number of anilines is 4. The Balaban J connectivity index is 0.00000259. The molecule has 0 atom stereocenters. The SMILES string of the molecule is COc1cc(Nc2ncc3c(n2)N(c2ccccc2C)CCO3)ccc1-n1cnc(C)c1.[HH]. The van der Waals surface area contributed by atoms with E-state index in [1.54, 1.807) is 19.6 Å². The largest absolute Gasteiger partial charge is 0.494 e. The summed E-state index contributed by atoms with van der Waals surface area (Å²) in [4.78, 5) is 15.7. The molecule has 0 spiro atoms. The van der Waals surface area contributed by atoms with Crippen LogP contribution in [0.15, 0.2) is 61.2 Å². The van der Waals surface area contributed by atoms with Gasteiger partial charge in [0.25, 0.3) is 0 Å². The van der Waals surface area contributed by atoms with E-state index in [2.05, 4.69) is 39.2 Å². The van der Waals surface area contributed by atoms with Crippen LogP contribution >= 0.6 is 0 Å². The lowest BCUT2D eigenvalue weighted by atomic mass is 10.1. The lowest BCUT2D eigenvalue weighted by molar-refractivity contribution is 0.310. The van der Waals surface area contributed by atoms with Gasteiger partial charge >= 0.3 is 0 Å². The first-order valence-corrected chi connectivity index (χ1v) is 10.4. The fraction of sp³-hybridized carbons (Fsp3) is 0.208. The zero-order chi connectivity index (χ0) is 22.1. The molecule has 0 bridgehead atoms. The van der Waals surface area contributed by atoms with Crippen LogP contribution in [-0.4, -0.2) is 39.8 Å². The number of nitrogens with one attached hydrogen (secondary N) is 1. The highest BCUT2D eigenvalue weighted by Crippen LogP contribution is 2.37. The number of benzene rings is 2. The molecule has 1 aliphatic rings. The molecule has 4 aromatic rings. The molecule has 0 amide bonds. The van der Waals surface area contributed by atoms with Gasteiger partial charge in [0.2, 0.25) is 5.95 Å². The van der Waals surface area contributed by atoms with Crippen molar-refractivity contribution in [2.45, 2.75) is 13.8 Å². The third kappa shape index (κ3) is 3.71. The first-order valence-electron chi connectivity index (χ1n) is 10.4. The maximum absolute atomic E-state index is 5.80. The number of hydrogen-bond acceptors (Lipinski definition) is 7. The summed E-state index contributed by atoms with van der Waals surface area (Å²) < 4.78 is 13.3. The third-order valence-electron chi connectivity index (χ3n) is 5.40. The minimum absolute atomic E-state index is 0. The minimum atomic E-state index is 0. The normalized spacial score (nSPS) is 12.8. The molecule has 164 valence electrons. The number of methoxy groups -OCH3 is 1. The summed E-state index contributed by atoms with van der Waals surface area (Å²) in [6, 6.07) is 14.1. The highest BCUT2D eigenvalue weighted by molar-refractivity contribution is 5.70. The molecular weight excluding hydrogens is 404 g/mol. The molecule has 2 aromatic heterocycles. The molecule has 0 unspecified atom stereocenters. The van der Waals surface area contributed by atoms with E-state index in [-0.39, 0.29) is 1.43 Å². The maximum Gasteiger partial charge on any atom is 0.229 e. The molecular formula is C24H26N6O2. The number of imidazole rings is 1. The van der Waals surface area contributed by atoms with Crippen LogP contribution in [0.2, 0.25) is 0 Å². The number of fused-ring (bicyclic) bond motifs is 1. The number of aryl methyl sites for hydroxylation is 2. The van der Waals surface area contributed by atoms with Crippen molar-refractivity contribution in [3.63, 3.8) is 0 Å². The Morgan fingerprint density at radius 1 is 1.09 bits per heavy atom. The maximum atomic E-state index is 5.80. The molecule has 1 N–H and O–H groups in total. The minimum Gasteiger partial charge on any atom is -0.494 e. The molecule has 8 heteroatoms. The highest BCUT2D eigenvalue weighted by Gasteiger charge is 2.23. The average molecular weight is 431 g/mol. The molecule has 0 saturated heterocycles. The van der Waals surface area contributed by atoms with Gasteiger partial charge in [-0.1, -0.05) is 18.2 Å². The van der Waals surface area contributed by atoms with E-state index < -0.39 is 0 Å². The third-order valence-corrected chi connectivity index (χ3v) is 5.40. The van der Waals surface area contributed by atoms with Crippen molar-refractivity contribution in [1.82, 2.24) is 19.5 Å². The predicted molar refractivity (Wildman–Crippen MR) is 126 cm³/mol. The van der Waals surface area contributed by atoms with E-state index in [4.69, 9.17) is 14.5 Å². The lowest BCUT2D eigenvalue weighted by Gasteiger charge is -2.31. The van der Waals surface area contributed by atoms with Crippen molar-refractivity contribution < 1.29 is 10.9 Å². The predicted octanol–water partition coefficient (Wildman–Crippen LogP) is 4.81. The summed E-state index contributed by atoms with van der Waals surface area (Å²) in [5, 5.41) is 3.29. The van der Waals surface area contributed by atoms with Gasteiger partial charge in [0.05, 0.1) is 37.6 Å². The Hall–Kier alpha value is -4.07. The van der Waals surface area contributed by atoms with Crippen LogP contribution in [-0.2, 0) is 0 Å². The van der Waals surface area contributed by atoms with Crippen LogP contribution in [0.3, 0.4) is 0 Å². The number of ether oxygens (including phenoxy) is 2. The molecule has 1 aliphatic heterocycles. The van der Waals surface area contributed by atoms with Crippen LogP contribution in [0.1, 0.15) is 12.7 Å². The van der Waals surface area contributed by atoms with Gasteiger partial charge in [0.15, 0.2) is 11.6 Å². The summed E-state index contributed by atoms with van der Waals surface area (Å²) in [7, 11) is 1.65. The second-order valence-electron chi connectivity index (χ2n) is 7.60. The van der Waals surface area contributed by atoms with Gasteiger partial charge in [0, 0.05) is 25.1 Å². The second-order valence-corrected chi connectivity index (χ2v) is 7.60. The van der Waals surface area contributed by atoms with Gasteiger partial charge in [-0.2, -0.15) is 4.98 Å². The summed E-state index contributed by atoms with van der Waals surface area (Å²) in [5.41, 5.74) is 4.97. The smallest absolute Gasteiger partial charge is 0.229 e. The van der Waals surface area contributed by atoms with E-state index in [9.17, 15) is 0 Å². The van der Waals surface area contributed by atoms with E-state index >= 15 is 0 Å². The molecule has 2 aromatic carbocycles. The molecule has 0 aliphatic carbocycles. The summed E-state index contributed by atoms with van der Waals surface area (Å²) in [5.74, 6) is 2.63. The Labute approximate surface area is 188 Å². The number of hydrogen-bond donors (Lipinski definition) is 1. The summed E-state index contributed by atoms with van der Waals surface area (Å²) in [6.45, 7) is 5.36. The summed E-state index contributed by atoms with van der Waals surface area (Å²) >= 11 is 0. The number of rotatable bonds is 5. The fourth-order valence-electron chi connectivity index (χ4n) is 3.82. The van der Waals surface area contributed by atoms with Gasteiger partial charge in [-0.25, -0.2) is 9.97 Å². The van der Waals surface area contributed by atoms with Gasteiger partial charge in [0.1, 0.15) is 12.4 Å². The first kappa shape index (κ1) is 19.9. The van der Waals surface area contributed by atoms with Crippen molar-refractivity contribution in [2.24, 2.45) is 0 Å². The van der Waals surface area contributed by atoms with E-state index in [0.29, 0.717) is 18.3 Å². The molecule has 0 fully saturated rings. The van der Waals surface area contributed by atoms with Crippen molar-refractivity contribution in [3.05, 3.63) is 72.4 Å². The van der Waals surface area contributed by atoms with Gasteiger partial charge < -0.3 is 24.3 Å². The number of nitrogens with zero attached hydrogens (tertiary/aromatic N) is 5. The Kier molecular flexibility index (Phi) is 5.10. The van der Waals surface area contributed by atoms with Gasteiger partial charge in [-0.3, -0.25) is 0 Å². The standard InChI is InChI=1S/C24H24N6O2.H2/c1-16-6-4-5-7-19(16)30-10-11-32-22-13-25-24(28-23(22)30)27-18-8-9-20(21(12-18)31-3)29-14-17(2)26-15-29;/h4-9,12-15H,10-11H2,1-3H3,(H,25,27,28);1H. The van der Waals surface area contributed by atoms with Crippen molar-refractivity contribution >= 4 is 23.1 Å². The molecule has 3 heterocycles. The van der Waals surface area contributed by atoms with E-state index in [1.165, 1.54) is 5.56 Å². The van der Waals surface area contributed by atoms with E-state index in [0.717, 1.165) is 40.9 Å². The summed E-state index contributed by atoms with van der Waals surface area (Å²) in [6.07, 6.45) is 5.44. The molecule has 5 rings (SSSR count). The molecule has 32 heavy (non-hydrogen) atoms. The zero-order valence-electron chi connectivity index (χ0n) is 18.2. The van der Waals surface area contributed by atoms with Crippen LogP contribution in [0.25, 0.3) is 5.69 Å². The Morgan fingerprint density at radius 3 is 2.75 bits per heavy atom. The van der Waals surface area contributed by atoms with Gasteiger partial charge in [-0.05, 0) is 37.6 Å². The molecule has 8 nitrogen and oxygen atoms in total. The highest BCUT2D eigenvalue weighted by atomic mass is 16.5. The number of para-hydroxylation sites is 1. The topological polar surface area (TPSA) is 77.3 Å². The first-order chi connectivity index (χ1) is 15.6. The monoisotopic (exact) mass is 430 g/mol. The van der Waals surface area contributed by atoms with Crippen LogP contribution < -0.4 is 19.7 Å². The van der Waals surface area contributed by atoms with Crippen molar-refractivity contribution in [3.8, 4) is 17.2 Å². The lowest BCUT2D eigenvalue weighted by Crippen LogP contribution is -2.30. The second kappa shape index (κ2) is 8.22. The molecule has 0 saturated carbocycles.